The number of carbonyl (C=O) groups is 1. The van der Waals surface area contributed by atoms with Gasteiger partial charge in [0, 0.05) is 12.6 Å². The summed E-state index contributed by atoms with van der Waals surface area (Å²) in [6, 6.07) is 5.33. The third-order valence-corrected chi connectivity index (χ3v) is 3.27. The highest BCUT2D eigenvalue weighted by atomic mass is 16.6. The van der Waals surface area contributed by atoms with Gasteiger partial charge in [-0.05, 0) is 24.6 Å². The van der Waals surface area contributed by atoms with Gasteiger partial charge in [-0.3, -0.25) is 4.68 Å². The molecule has 0 atom stereocenters. The van der Waals surface area contributed by atoms with Crippen molar-refractivity contribution in [3.05, 3.63) is 29.5 Å². The summed E-state index contributed by atoms with van der Waals surface area (Å²) < 4.78 is 12.8. The molecule has 6 nitrogen and oxygen atoms in total. The number of hydrogen-bond acceptors (Lipinski definition) is 4. The van der Waals surface area contributed by atoms with Crippen molar-refractivity contribution in [1.29, 1.82) is 0 Å². The number of hydrogen-bond donors (Lipinski definition) is 1. The lowest BCUT2D eigenvalue weighted by molar-refractivity contribution is 0.0689. The van der Waals surface area contributed by atoms with Crippen LogP contribution in [-0.2, 0) is 7.05 Å². The first-order valence-corrected chi connectivity index (χ1v) is 6.25. The number of nitrogens with zero attached hydrogens (tertiary/aromatic N) is 2. The van der Waals surface area contributed by atoms with Crippen LogP contribution in [0.15, 0.2) is 18.2 Å². The van der Waals surface area contributed by atoms with E-state index in [-0.39, 0.29) is 5.69 Å². The van der Waals surface area contributed by atoms with Crippen LogP contribution < -0.4 is 9.47 Å². The molecule has 2 heterocycles. The van der Waals surface area contributed by atoms with Crippen molar-refractivity contribution < 1.29 is 19.4 Å². The highest BCUT2D eigenvalue weighted by Crippen LogP contribution is 2.42. The molecule has 1 aromatic heterocycles. The number of carboxylic acid groups (broad SMARTS) is 1. The average molecular weight is 274 g/mol. The summed E-state index contributed by atoms with van der Waals surface area (Å²) in [6.07, 6.45) is 0. The Morgan fingerprint density at radius 3 is 2.80 bits per heavy atom. The van der Waals surface area contributed by atoms with Crippen molar-refractivity contribution >= 4 is 5.97 Å². The van der Waals surface area contributed by atoms with E-state index in [0.717, 1.165) is 11.1 Å². The zero-order valence-corrected chi connectivity index (χ0v) is 11.2. The fraction of sp³-hybridized carbons (Fsp3) is 0.286. The number of rotatable bonds is 2. The van der Waals surface area contributed by atoms with Crippen molar-refractivity contribution in [2.24, 2.45) is 7.05 Å². The maximum atomic E-state index is 11.0. The maximum absolute atomic E-state index is 11.0. The van der Waals surface area contributed by atoms with Gasteiger partial charge in [0.25, 0.3) is 0 Å². The van der Waals surface area contributed by atoms with Crippen LogP contribution in [-0.4, -0.2) is 34.1 Å². The lowest BCUT2D eigenvalue weighted by Gasteiger charge is -2.22. The summed E-state index contributed by atoms with van der Waals surface area (Å²) in [6.45, 7) is 2.94. The molecule has 0 amide bonds. The number of carboxylic acids is 1. The molecule has 0 saturated heterocycles. The second kappa shape index (κ2) is 4.56. The van der Waals surface area contributed by atoms with E-state index in [2.05, 4.69) is 5.10 Å². The Hall–Kier alpha value is -2.50. The molecule has 0 saturated carbocycles. The zero-order chi connectivity index (χ0) is 14.3. The van der Waals surface area contributed by atoms with Crippen LogP contribution in [0.3, 0.4) is 0 Å². The van der Waals surface area contributed by atoms with Gasteiger partial charge >= 0.3 is 5.97 Å². The molecule has 0 unspecified atom stereocenters. The average Bonchev–Trinajstić information content (AvgIpc) is 2.81. The lowest BCUT2D eigenvalue weighted by Crippen LogP contribution is -2.16. The minimum absolute atomic E-state index is 0.0104. The molecule has 0 radical (unpaired) electrons. The first-order chi connectivity index (χ1) is 9.58. The SMILES string of the molecule is Cc1ccc2c(c1-c1cc(C(=O)O)nn1C)OCCO2. The molecule has 104 valence electrons. The Kier molecular flexibility index (Phi) is 2.85. The molecule has 0 fully saturated rings. The van der Waals surface area contributed by atoms with Gasteiger partial charge in [0.05, 0.1) is 5.69 Å². The maximum Gasteiger partial charge on any atom is 0.356 e. The monoisotopic (exact) mass is 274 g/mol. The van der Waals surface area contributed by atoms with Crippen LogP contribution in [0.2, 0.25) is 0 Å². The molecular formula is C14H14N2O4. The Labute approximate surface area is 115 Å². The summed E-state index contributed by atoms with van der Waals surface area (Å²) in [5.74, 6) is 0.276. The summed E-state index contributed by atoms with van der Waals surface area (Å²) in [7, 11) is 1.71. The van der Waals surface area contributed by atoms with E-state index in [1.165, 1.54) is 0 Å². The molecule has 1 aromatic carbocycles. The Morgan fingerprint density at radius 1 is 1.35 bits per heavy atom. The standard InChI is InChI=1S/C14H14N2O4/c1-8-3-4-11-13(20-6-5-19-11)12(8)10-7-9(14(17)18)15-16(10)2/h3-4,7H,5-6H2,1-2H3,(H,17,18). The van der Waals surface area contributed by atoms with E-state index in [1.807, 2.05) is 19.1 Å². The zero-order valence-electron chi connectivity index (χ0n) is 11.2. The van der Waals surface area contributed by atoms with Crippen LogP contribution >= 0.6 is 0 Å². The van der Waals surface area contributed by atoms with Crippen LogP contribution in [0.25, 0.3) is 11.3 Å². The number of benzene rings is 1. The van der Waals surface area contributed by atoms with Crippen molar-refractivity contribution in [2.75, 3.05) is 13.2 Å². The number of aryl methyl sites for hydroxylation is 2. The molecule has 0 bridgehead atoms. The molecule has 0 aliphatic carbocycles. The molecule has 1 aliphatic heterocycles. The minimum Gasteiger partial charge on any atom is -0.486 e. The topological polar surface area (TPSA) is 73.6 Å². The van der Waals surface area contributed by atoms with Gasteiger partial charge in [-0.1, -0.05) is 6.07 Å². The van der Waals surface area contributed by atoms with Crippen molar-refractivity contribution in [1.82, 2.24) is 9.78 Å². The Bertz CT molecular complexity index is 691. The van der Waals surface area contributed by atoms with Crippen molar-refractivity contribution in [3.63, 3.8) is 0 Å². The molecule has 6 heteroatoms. The minimum atomic E-state index is -1.05. The number of aromatic carboxylic acids is 1. The third-order valence-electron chi connectivity index (χ3n) is 3.27. The van der Waals surface area contributed by atoms with Crippen molar-refractivity contribution in [3.8, 4) is 22.8 Å². The molecule has 0 spiro atoms. The predicted molar refractivity (Wildman–Crippen MR) is 71.3 cm³/mol. The second-order valence-electron chi connectivity index (χ2n) is 4.63. The van der Waals surface area contributed by atoms with Crippen LogP contribution in [0.1, 0.15) is 16.1 Å². The molecular weight excluding hydrogens is 260 g/mol. The summed E-state index contributed by atoms with van der Waals surface area (Å²) in [4.78, 5) is 11.0. The van der Waals surface area contributed by atoms with Gasteiger partial charge < -0.3 is 14.6 Å². The third kappa shape index (κ3) is 1.89. The second-order valence-corrected chi connectivity index (χ2v) is 4.63. The van der Waals surface area contributed by atoms with E-state index < -0.39 is 5.97 Å². The normalized spacial score (nSPS) is 13.3. The van der Waals surface area contributed by atoms with Gasteiger partial charge in [0.2, 0.25) is 0 Å². The largest absolute Gasteiger partial charge is 0.486 e. The molecule has 2 aromatic rings. The first-order valence-electron chi connectivity index (χ1n) is 6.25. The van der Waals surface area contributed by atoms with Gasteiger partial charge in [0.15, 0.2) is 17.2 Å². The van der Waals surface area contributed by atoms with E-state index >= 15 is 0 Å². The lowest BCUT2D eigenvalue weighted by atomic mass is 10.0. The molecule has 1 aliphatic rings. The van der Waals surface area contributed by atoms with Crippen LogP contribution in [0.4, 0.5) is 0 Å². The molecule has 20 heavy (non-hydrogen) atoms. The van der Waals surface area contributed by atoms with Crippen LogP contribution in [0.5, 0.6) is 11.5 Å². The quantitative estimate of drug-likeness (QED) is 0.904. The Balaban J connectivity index is 2.21. The highest BCUT2D eigenvalue weighted by molar-refractivity contribution is 5.88. The van der Waals surface area contributed by atoms with Gasteiger partial charge in [-0.15, -0.1) is 0 Å². The van der Waals surface area contributed by atoms with Crippen molar-refractivity contribution in [2.45, 2.75) is 6.92 Å². The number of aromatic nitrogens is 2. The van der Waals surface area contributed by atoms with Gasteiger partial charge in [-0.25, -0.2) is 4.79 Å². The first kappa shape index (κ1) is 12.5. The van der Waals surface area contributed by atoms with Gasteiger partial charge in [0.1, 0.15) is 13.2 Å². The van der Waals surface area contributed by atoms with E-state index in [9.17, 15) is 4.79 Å². The molecule has 3 rings (SSSR count). The number of ether oxygens (including phenoxy) is 2. The highest BCUT2D eigenvalue weighted by Gasteiger charge is 2.22. The predicted octanol–water partition coefficient (Wildman–Crippen LogP) is 1.86. The summed E-state index contributed by atoms with van der Waals surface area (Å²) in [5, 5.41) is 13.0. The Morgan fingerprint density at radius 2 is 2.10 bits per heavy atom. The van der Waals surface area contributed by atoms with E-state index in [4.69, 9.17) is 14.6 Å². The smallest absolute Gasteiger partial charge is 0.356 e. The molecule has 1 N–H and O–H groups in total. The fourth-order valence-electron chi connectivity index (χ4n) is 2.34. The van der Waals surface area contributed by atoms with Gasteiger partial charge in [-0.2, -0.15) is 5.10 Å². The summed E-state index contributed by atoms with van der Waals surface area (Å²) in [5.41, 5.74) is 2.51. The van der Waals surface area contributed by atoms with Crippen LogP contribution in [0, 0.1) is 6.92 Å². The van der Waals surface area contributed by atoms with E-state index in [0.29, 0.717) is 30.4 Å². The summed E-state index contributed by atoms with van der Waals surface area (Å²) >= 11 is 0. The fourth-order valence-corrected chi connectivity index (χ4v) is 2.34. The van der Waals surface area contributed by atoms with E-state index in [1.54, 1.807) is 17.8 Å². The number of fused-ring (bicyclic) bond motifs is 1.